The highest BCUT2D eigenvalue weighted by Crippen LogP contribution is 2.16. The van der Waals surface area contributed by atoms with Crippen molar-refractivity contribution in [2.75, 3.05) is 0 Å². The predicted octanol–water partition coefficient (Wildman–Crippen LogP) is 2.49. The molecule has 1 aromatic carbocycles. The van der Waals surface area contributed by atoms with Gasteiger partial charge in [-0.2, -0.15) is 0 Å². The quantitative estimate of drug-likeness (QED) is 0.622. The van der Waals surface area contributed by atoms with Gasteiger partial charge in [0.15, 0.2) is 0 Å². The molecule has 0 aliphatic heterocycles. The van der Waals surface area contributed by atoms with E-state index in [-0.39, 0.29) is 5.58 Å². The fourth-order valence-electron chi connectivity index (χ4n) is 1.17. The van der Waals surface area contributed by atoms with Gasteiger partial charge in [-0.25, -0.2) is 0 Å². The van der Waals surface area contributed by atoms with Gasteiger partial charge in [0.05, 0.1) is 6.26 Å². The van der Waals surface area contributed by atoms with E-state index in [1.807, 2.05) is 0 Å². The van der Waals surface area contributed by atoms with Crippen LogP contribution >= 0.6 is 0 Å². The Labute approximate surface area is 72.2 Å². The zero-order valence-electron chi connectivity index (χ0n) is 6.51. The molecule has 0 aliphatic rings. The summed E-state index contributed by atoms with van der Waals surface area (Å²) in [6, 6.07) is 5.12. The standard InChI is InChI=1S/C8H5BF3O/c10-9(11,12)7-2-1-6-3-4-13-8(6)5-7/h1-5H/q-1. The highest BCUT2D eigenvalue weighted by Gasteiger charge is 2.25. The molecule has 0 bridgehead atoms. The summed E-state index contributed by atoms with van der Waals surface area (Å²) in [4.78, 5) is 0. The molecule has 1 heterocycles. The molecule has 2 aromatic rings. The van der Waals surface area contributed by atoms with Crippen molar-refractivity contribution in [1.82, 2.24) is 0 Å². The first-order chi connectivity index (χ1) is 6.07. The first-order valence-electron chi connectivity index (χ1n) is 3.74. The van der Waals surface area contributed by atoms with Crippen molar-refractivity contribution in [3.8, 4) is 0 Å². The summed E-state index contributed by atoms with van der Waals surface area (Å²) < 4.78 is 41.6. The Morgan fingerprint density at radius 3 is 2.54 bits per heavy atom. The molecule has 0 aliphatic carbocycles. The maximum absolute atomic E-state index is 12.2. The first kappa shape index (κ1) is 8.22. The zero-order chi connectivity index (χ0) is 9.47. The van der Waals surface area contributed by atoms with Crippen molar-refractivity contribution in [2.45, 2.75) is 0 Å². The highest BCUT2D eigenvalue weighted by molar-refractivity contribution is 6.73. The van der Waals surface area contributed by atoms with Gasteiger partial charge in [0.2, 0.25) is 0 Å². The minimum atomic E-state index is -4.93. The molecule has 0 unspecified atom stereocenters. The lowest BCUT2D eigenvalue weighted by molar-refractivity contribution is 0.501. The van der Waals surface area contributed by atoms with Crippen molar-refractivity contribution < 1.29 is 17.4 Å². The van der Waals surface area contributed by atoms with Crippen molar-refractivity contribution in [1.29, 1.82) is 0 Å². The number of benzene rings is 1. The van der Waals surface area contributed by atoms with Crippen LogP contribution in [0.25, 0.3) is 11.0 Å². The van der Waals surface area contributed by atoms with Crippen LogP contribution in [0.2, 0.25) is 0 Å². The molecule has 1 nitrogen and oxygen atoms in total. The smallest absolute Gasteiger partial charge is 0.464 e. The van der Waals surface area contributed by atoms with Gasteiger partial charge in [-0.1, -0.05) is 12.1 Å². The monoisotopic (exact) mass is 185 g/mol. The van der Waals surface area contributed by atoms with E-state index in [9.17, 15) is 12.9 Å². The molecule has 13 heavy (non-hydrogen) atoms. The molecular formula is C8H5BF3O-. The van der Waals surface area contributed by atoms with E-state index in [2.05, 4.69) is 0 Å². The van der Waals surface area contributed by atoms with E-state index in [4.69, 9.17) is 4.42 Å². The zero-order valence-corrected chi connectivity index (χ0v) is 6.51. The third kappa shape index (κ3) is 1.41. The summed E-state index contributed by atoms with van der Waals surface area (Å²) >= 11 is 0. The molecule has 0 radical (unpaired) electrons. The minimum Gasteiger partial charge on any atom is -0.464 e. The van der Waals surface area contributed by atoms with E-state index < -0.39 is 12.4 Å². The van der Waals surface area contributed by atoms with Crippen LogP contribution in [0.1, 0.15) is 0 Å². The second-order valence-electron chi connectivity index (χ2n) is 2.79. The van der Waals surface area contributed by atoms with Crippen molar-refractivity contribution in [3.05, 3.63) is 30.5 Å². The molecule has 0 atom stereocenters. The topological polar surface area (TPSA) is 13.1 Å². The number of fused-ring (bicyclic) bond motifs is 1. The Morgan fingerprint density at radius 2 is 1.85 bits per heavy atom. The van der Waals surface area contributed by atoms with Gasteiger partial charge in [-0.15, -0.1) is 5.46 Å². The second kappa shape index (κ2) is 2.55. The van der Waals surface area contributed by atoms with Gasteiger partial charge in [-0.3, -0.25) is 0 Å². The van der Waals surface area contributed by atoms with E-state index in [0.717, 1.165) is 12.1 Å². The third-order valence-electron chi connectivity index (χ3n) is 1.86. The Balaban J connectivity index is 2.61. The van der Waals surface area contributed by atoms with Crippen LogP contribution in [0.5, 0.6) is 0 Å². The largest absolute Gasteiger partial charge is 0.509 e. The maximum Gasteiger partial charge on any atom is 0.509 e. The van der Waals surface area contributed by atoms with Crippen LogP contribution in [0.4, 0.5) is 12.9 Å². The summed E-state index contributed by atoms with van der Waals surface area (Å²) in [5, 5.41) is 0.684. The van der Waals surface area contributed by atoms with Gasteiger partial charge in [-0.05, 0) is 12.1 Å². The Kier molecular flexibility index (Phi) is 1.61. The summed E-state index contributed by atoms with van der Waals surface area (Å²) in [5.41, 5.74) is -0.348. The van der Waals surface area contributed by atoms with Crippen LogP contribution in [-0.2, 0) is 0 Å². The third-order valence-corrected chi connectivity index (χ3v) is 1.86. The molecule has 0 amide bonds. The van der Waals surface area contributed by atoms with Crippen LogP contribution in [0.15, 0.2) is 34.9 Å². The summed E-state index contributed by atoms with van der Waals surface area (Å²) in [6.45, 7) is -4.93. The molecule has 2 rings (SSSR count). The predicted molar refractivity (Wildman–Crippen MR) is 44.9 cm³/mol. The van der Waals surface area contributed by atoms with Crippen molar-refractivity contribution in [2.24, 2.45) is 0 Å². The minimum absolute atomic E-state index is 0.275. The average molecular weight is 185 g/mol. The van der Waals surface area contributed by atoms with Crippen LogP contribution < -0.4 is 5.46 Å². The molecule has 0 saturated carbocycles. The van der Waals surface area contributed by atoms with Gasteiger partial charge < -0.3 is 17.4 Å². The number of rotatable bonds is 1. The lowest BCUT2D eigenvalue weighted by Gasteiger charge is -2.13. The Bertz CT molecular complexity index is 432. The van der Waals surface area contributed by atoms with Crippen molar-refractivity contribution >= 4 is 23.4 Å². The molecular weight excluding hydrogens is 180 g/mol. The van der Waals surface area contributed by atoms with Crippen LogP contribution in [0, 0.1) is 0 Å². The molecule has 0 spiro atoms. The van der Waals surface area contributed by atoms with Crippen molar-refractivity contribution in [3.63, 3.8) is 0 Å². The highest BCUT2D eigenvalue weighted by atomic mass is 19.4. The molecule has 1 aromatic heterocycles. The van der Waals surface area contributed by atoms with E-state index in [0.29, 0.717) is 5.39 Å². The van der Waals surface area contributed by atoms with E-state index in [1.165, 1.54) is 12.3 Å². The fraction of sp³-hybridized carbons (Fsp3) is 0. The Hall–Kier alpha value is -1.39. The number of hydrogen-bond donors (Lipinski definition) is 0. The van der Waals surface area contributed by atoms with E-state index in [1.54, 1.807) is 6.07 Å². The van der Waals surface area contributed by atoms with Gasteiger partial charge in [0, 0.05) is 5.39 Å². The average Bonchev–Trinajstić information content (AvgIpc) is 2.47. The summed E-state index contributed by atoms with van der Waals surface area (Å²) in [7, 11) is 0. The number of halogens is 3. The van der Waals surface area contributed by atoms with Gasteiger partial charge in [0.25, 0.3) is 0 Å². The molecule has 68 valence electrons. The maximum atomic E-state index is 12.2. The second-order valence-corrected chi connectivity index (χ2v) is 2.79. The molecule has 5 heteroatoms. The molecule has 0 N–H and O–H groups in total. The Morgan fingerprint density at radius 1 is 1.08 bits per heavy atom. The number of furan rings is 1. The lowest BCUT2D eigenvalue weighted by atomic mass is 9.80. The lowest BCUT2D eigenvalue weighted by Crippen LogP contribution is -2.33. The van der Waals surface area contributed by atoms with Crippen LogP contribution in [-0.4, -0.2) is 6.98 Å². The fourth-order valence-corrected chi connectivity index (χ4v) is 1.17. The van der Waals surface area contributed by atoms with Crippen LogP contribution in [0.3, 0.4) is 0 Å². The van der Waals surface area contributed by atoms with Gasteiger partial charge in [0.1, 0.15) is 5.58 Å². The summed E-state index contributed by atoms with van der Waals surface area (Å²) in [6.07, 6.45) is 1.37. The SMILES string of the molecule is F[B-](F)(F)c1ccc2ccoc2c1. The normalized spacial score (nSPS) is 12.2. The number of hydrogen-bond acceptors (Lipinski definition) is 1. The molecule has 0 fully saturated rings. The van der Waals surface area contributed by atoms with Gasteiger partial charge >= 0.3 is 6.98 Å². The van der Waals surface area contributed by atoms with E-state index >= 15 is 0 Å². The molecule has 0 saturated heterocycles. The summed E-state index contributed by atoms with van der Waals surface area (Å²) in [5.74, 6) is 0. The first-order valence-corrected chi connectivity index (χ1v) is 3.74.